The molecule has 2 aliphatic rings. The number of amides is 1. The number of benzene rings is 1. The van der Waals surface area contributed by atoms with Gasteiger partial charge in [-0.05, 0) is 56.5 Å². The number of carbonyl (C=O) groups excluding carboxylic acids is 1. The first-order valence-electron chi connectivity index (χ1n) is 8.08. The molecule has 0 aliphatic carbocycles. The van der Waals surface area contributed by atoms with Crippen molar-refractivity contribution in [2.24, 2.45) is 0 Å². The monoisotopic (exact) mass is 323 g/mol. The summed E-state index contributed by atoms with van der Waals surface area (Å²) in [5.74, 6) is 0.240. The smallest absolute Gasteiger partial charge is 0.227 e. The van der Waals surface area contributed by atoms with Crippen molar-refractivity contribution in [3.8, 4) is 0 Å². The van der Waals surface area contributed by atoms with Crippen LogP contribution in [0.25, 0.3) is 0 Å². The molecule has 1 amide bonds. The van der Waals surface area contributed by atoms with E-state index in [-0.39, 0.29) is 18.3 Å². The second-order valence-electron chi connectivity index (χ2n) is 6.30. The van der Waals surface area contributed by atoms with Gasteiger partial charge in [0.2, 0.25) is 5.91 Å². The molecule has 0 aromatic heterocycles. The Balaban J connectivity index is 0.00000176. The minimum atomic E-state index is 0. The number of likely N-dealkylation sites (tertiary alicyclic amines) is 2. The van der Waals surface area contributed by atoms with Crippen LogP contribution in [0, 0.1) is 0 Å². The number of hydrogen-bond acceptors (Lipinski definition) is 3. The van der Waals surface area contributed by atoms with Crippen molar-refractivity contribution in [2.75, 3.05) is 31.9 Å². The lowest BCUT2D eigenvalue weighted by Crippen LogP contribution is -2.49. The zero-order valence-electron chi connectivity index (χ0n) is 13.0. The van der Waals surface area contributed by atoms with Gasteiger partial charge in [-0.1, -0.05) is 12.1 Å². The molecule has 2 fully saturated rings. The van der Waals surface area contributed by atoms with Crippen molar-refractivity contribution in [3.63, 3.8) is 0 Å². The van der Waals surface area contributed by atoms with E-state index in [1.165, 1.54) is 32.4 Å². The topological polar surface area (TPSA) is 49.6 Å². The fourth-order valence-electron chi connectivity index (χ4n) is 3.58. The van der Waals surface area contributed by atoms with Gasteiger partial charge < -0.3 is 10.6 Å². The third kappa shape index (κ3) is 4.14. The Morgan fingerprint density at radius 3 is 2.68 bits per heavy atom. The first kappa shape index (κ1) is 17.1. The van der Waals surface area contributed by atoms with Crippen molar-refractivity contribution in [1.29, 1.82) is 0 Å². The molecule has 5 heteroatoms. The third-order valence-corrected chi connectivity index (χ3v) is 4.71. The molecule has 1 aromatic carbocycles. The Kier molecular flexibility index (Phi) is 6.09. The number of rotatable bonds is 3. The van der Waals surface area contributed by atoms with Gasteiger partial charge in [0.05, 0.1) is 6.42 Å². The van der Waals surface area contributed by atoms with Crippen LogP contribution in [0.1, 0.15) is 31.2 Å². The van der Waals surface area contributed by atoms with E-state index >= 15 is 0 Å². The summed E-state index contributed by atoms with van der Waals surface area (Å²) in [5.41, 5.74) is 7.53. The lowest BCUT2D eigenvalue weighted by molar-refractivity contribution is -0.132. The van der Waals surface area contributed by atoms with Gasteiger partial charge in [-0.2, -0.15) is 0 Å². The lowest BCUT2D eigenvalue weighted by atomic mass is 10.0. The standard InChI is InChI=1S/C17H25N3O.ClH/c18-15-6-3-5-14(11-15)12-17(21)20-10-4-7-16(13-20)19-8-1-2-9-19;/h3,5-6,11,16H,1-2,4,7-10,12-13,18H2;1H. The van der Waals surface area contributed by atoms with Crippen LogP contribution < -0.4 is 5.73 Å². The zero-order chi connectivity index (χ0) is 14.7. The predicted molar refractivity (Wildman–Crippen MR) is 92.2 cm³/mol. The Bertz CT molecular complexity index is 502. The summed E-state index contributed by atoms with van der Waals surface area (Å²) < 4.78 is 0. The molecule has 0 spiro atoms. The molecule has 2 N–H and O–H groups in total. The van der Waals surface area contributed by atoms with E-state index in [0.717, 1.165) is 30.8 Å². The Morgan fingerprint density at radius 2 is 1.95 bits per heavy atom. The molecule has 0 radical (unpaired) electrons. The van der Waals surface area contributed by atoms with Crippen LogP contribution in [0.5, 0.6) is 0 Å². The fourth-order valence-corrected chi connectivity index (χ4v) is 3.58. The molecule has 4 nitrogen and oxygen atoms in total. The second kappa shape index (κ2) is 7.84. The van der Waals surface area contributed by atoms with E-state index in [1.807, 2.05) is 24.3 Å². The summed E-state index contributed by atoms with van der Waals surface area (Å²) in [6.07, 6.45) is 5.46. The van der Waals surface area contributed by atoms with Crippen LogP contribution in [-0.2, 0) is 11.2 Å². The van der Waals surface area contributed by atoms with Gasteiger partial charge in [-0.15, -0.1) is 12.4 Å². The summed E-state index contributed by atoms with van der Waals surface area (Å²) in [7, 11) is 0. The zero-order valence-corrected chi connectivity index (χ0v) is 13.9. The van der Waals surface area contributed by atoms with Crippen LogP contribution in [0.2, 0.25) is 0 Å². The molecular formula is C17H26ClN3O. The number of halogens is 1. The van der Waals surface area contributed by atoms with E-state index in [2.05, 4.69) is 9.80 Å². The van der Waals surface area contributed by atoms with Crippen LogP contribution in [0.3, 0.4) is 0 Å². The third-order valence-electron chi connectivity index (χ3n) is 4.71. The molecule has 1 unspecified atom stereocenters. The van der Waals surface area contributed by atoms with E-state index in [9.17, 15) is 4.79 Å². The highest BCUT2D eigenvalue weighted by Gasteiger charge is 2.29. The largest absolute Gasteiger partial charge is 0.399 e. The second-order valence-corrected chi connectivity index (χ2v) is 6.30. The number of nitrogens with zero attached hydrogens (tertiary/aromatic N) is 2. The minimum absolute atomic E-state index is 0. The summed E-state index contributed by atoms with van der Waals surface area (Å²) in [4.78, 5) is 17.1. The van der Waals surface area contributed by atoms with Crippen LogP contribution >= 0.6 is 12.4 Å². The number of anilines is 1. The molecule has 1 aromatic rings. The van der Waals surface area contributed by atoms with Crippen LogP contribution in [0.4, 0.5) is 5.69 Å². The van der Waals surface area contributed by atoms with Crippen LogP contribution in [-0.4, -0.2) is 47.9 Å². The SMILES string of the molecule is Cl.Nc1cccc(CC(=O)N2CCCC(N3CCCC3)C2)c1. The fraction of sp³-hybridized carbons (Fsp3) is 0.588. The molecule has 2 saturated heterocycles. The molecule has 3 rings (SSSR count). The predicted octanol–water partition coefficient (Wildman–Crippen LogP) is 2.32. The molecule has 0 saturated carbocycles. The number of nitrogens with two attached hydrogens (primary N) is 1. The van der Waals surface area contributed by atoms with Crippen molar-refractivity contribution in [1.82, 2.24) is 9.80 Å². The summed E-state index contributed by atoms with van der Waals surface area (Å²) in [5, 5.41) is 0. The Hall–Kier alpha value is -1.26. The number of nitrogen functional groups attached to an aromatic ring is 1. The molecule has 1 atom stereocenters. The highest BCUT2D eigenvalue weighted by molar-refractivity contribution is 5.85. The maximum Gasteiger partial charge on any atom is 0.227 e. The molecule has 122 valence electrons. The lowest BCUT2D eigenvalue weighted by Gasteiger charge is -2.37. The van der Waals surface area contributed by atoms with Gasteiger partial charge in [0, 0.05) is 24.8 Å². The first-order chi connectivity index (χ1) is 10.2. The summed E-state index contributed by atoms with van der Waals surface area (Å²) in [6.45, 7) is 4.23. The Labute approximate surface area is 139 Å². The summed E-state index contributed by atoms with van der Waals surface area (Å²) in [6, 6.07) is 8.24. The van der Waals surface area contributed by atoms with Crippen molar-refractivity contribution in [3.05, 3.63) is 29.8 Å². The number of piperidine rings is 1. The van der Waals surface area contributed by atoms with Gasteiger partial charge in [0.25, 0.3) is 0 Å². The molecule has 2 heterocycles. The molecular weight excluding hydrogens is 298 g/mol. The highest BCUT2D eigenvalue weighted by Crippen LogP contribution is 2.21. The highest BCUT2D eigenvalue weighted by atomic mass is 35.5. The van der Waals surface area contributed by atoms with Gasteiger partial charge >= 0.3 is 0 Å². The van der Waals surface area contributed by atoms with Crippen LogP contribution in [0.15, 0.2) is 24.3 Å². The number of hydrogen-bond donors (Lipinski definition) is 1. The van der Waals surface area contributed by atoms with E-state index in [1.54, 1.807) is 0 Å². The average Bonchev–Trinajstić information content (AvgIpc) is 3.02. The molecule has 22 heavy (non-hydrogen) atoms. The number of carbonyl (C=O) groups is 1. The van der Waals surface area contributed by atoms with E-state index in [0.29, 0.717) is 12.5 Å². The van der Waals surface area contributed by atoms with E-state index < -0.39 is 0 Å². The minimum Gasteiger partial charge on any atom is -0.399 e. The van der Waals surface area contributed by atoms with Crippen molar-refractivity contribution < 1.29 is 4.79 Å². The van der Waals surface area contributed by atoms with Gasteiger partial charge in [0.15, 0.2) is 0 Å². The van der Waals surface area contributed by atoms with Gasteiger partial charge in [-0.3, -0.25) is 9.69 Å². The van der Waals surface area contributed by atoms with Gasteiger partial charge in [0.1, 0.15) is 0 Å². The molecule has 0 bridgehead atoms. The Morgan fingerprint density at radius 1 is 1.18 bits per heavy atom. The normalized spacial score (nSPS) is 22.4. The van der Waals surface area contributed by atoms with E-state index in [4.69, 9.17) is 5.73 Å². The maximum absolute atomic E-state index is 12.5. The average molecular weight is 324 g/mol. The molecule has 2 aliphatic heterocycles. The first-order valence-corrected chi connectivity index (χ1v) is 8.08. The van der Waals surface area contributed by atoms with Gasteiger partial charge in [-0.25, -0.2) is 0 Å². The maximum atomic E-state index is 12.5. The summed E-state index contributed by atoms with van der Waals surface area (Å²) >= 11 is 0. The van der Waals surface area contributed by atoms with Crippen molar-refractivity contribution >= 4 is 24.0 Å². The quantitative estimate of drug-likeness (QED) is 0.868. The van der Waals surface area contributed by atoms with Crippen molar-refractivity contribution in [2.45, 2.75) is 38.1 Å².